The first-order valence-electron chi connectivity index (χ1n) is 6.09. The third-order valence-electron chi connectivity index (χ3n) is 3.08. The number of rotatable bonds is 3. The molecule has 0 radical (unpaired) electrons. The van der Waals surface area contributed by atoms with Gasteiger partial charge < -0.3 is 20.5 Å². The molecule has 0 spiro atoms. The zero-order valence-electron chi connectivity index (χ0n) is 10.4. The maximum absolute atomic E-state index is 12.0. The molecule has 0 bridgehead atoms. The second kappa shape index (κ2) is 5.73. The lowest BCUT2D eigenvalue weighted by Gasteiger charge is -2.23. The van der Waals surface area contributed by atoms with E-state index in [9.17, 15) is 9.90 Å². The van der Waals surface area contributed by atoms with Crippen molar-refractivity contribution in [2.75, 3.05) is 20.2 Å². The minimum Gasteiger partial charge on any atom is -0.507 e. The minimum atomic E-state index is -0.246. The van der Waals surface area contributed by atoms with Gasteiger partial charge in [-0.2, -0.15) is 0 Å². The molecule has 5 heteroatoms. The quantitative estimate of drug-likeness (QED) is 0.745. The fourth-order valence-corrected chi connectivity index (χ4v) is 2.07. The van der Waals surface area contributed by atoms with Crippen molar-refractivity contribution in [3.8, 4) is 11.5 Å². The number of piperidine rings is 1. The van der Waals surface area contributed by atoms with Crippen molar-refractivity contribution < 1.29 is 14.6 Å². The highest BCUT2D eigenvalue weighted by Crippen LogP contribution is 2.23. The Kier molecular flexibility index (Phi) is 4.04. The number of methoxy groups -OCH3 is 1. The molecule has 1 aliphatic heterocycles. The van der Waals surface area contributed by atoms with Crippen molar-refractivity contribution in [3.05, 3.63) is 23.8 Å². The van der Waals surface area contributed by atoms with Crippen molar-refractivity contribution in [3.63, 3.8) is 0 Å². The van der Waals surface area contributed by atoms with Gasteiger partial charge in [0, 0.05) is 18.7 Å². The summed E-state index contributed by atoms with van der Waals surface area (Å²) >= 11 is 0. The summed E-state index contributed by atoms with van der Waals surface area (Å²) in [6, 6.07) is 4.80. The largest absolute Gasteiger partial charge is 0.507 e. The molecule has 0 aromatic heterocycles. The van der Waals surface area contributed by atoms with Crippen LogP contribution in [-0.2, 0) is 0 Å². The predicted octanol–water partition coefficient (Wildman–Crippen LogP) is 0.883. The summed E-state index contributed by atoms with van der Waals surface area (Å²) in [6.07, 6.45) is 2.02. The van der Waals surface area contributed by atoms with Crippen molar-refractivity contribution >= 4 is 5.91 Å². The van der Waals surface area contributed by atoms with Gasteiger partial charge in [-0.1, -0.05) is 0 Å². The Morgan fingerprint density at radius 3 is 3.00 bits per heavy atom. The van der Waals surface area contributed by atoms with E-state index in [0.717, 1.165) is 25.9 Å². The van der Waals surface area contributed by atoms with Crippen LogP contribution < -0.4 is 15.4 Å². The average molecular weight is 250 g/mol. The molecule has 1 atom stereocenters. The van der Waals surface area contributed by atoms with Crippen LogP contribution in [0.1, 0.15) is 23.2 Å². The van der Waals surface area contributed by atoms with E-state index in [2.05, 4.69) is 10.6 Å². The summed E-state index contributed by atoms with van der Waals surface area (Å²) in [5.74, 6) is 0.225. The normalized spacial score (nSPS) is 19.3. The van der Waals surface area contributed by atoms with Crippen LogP contribution in [0.3, 0.4) is 0 Å². The van der Waals surface area contributed by atoms with Gasteiger partial charge >= 0.3 is 0 Å². The molecule has 1 fully saturated rings. The molecule has 0 saturated carbocycles. The van der Waals surface area contributed by atoms with E-state index in [1.807, 2.05) is 0 Å². The van der Waals surface area contributed by atoms with E-state index in [4.69, 9.17) is 4.74 Å². The van der Waals surface area contributed by atoms with Crippen LogP contribution in [0, 0.1) is 0 Å². The second-order valence-electron chi connectivity index (χ2n) is 4.40. The lowest BCUT2D eigenvalue weighted by Crippen LogP contribution is -2.45. The molecule has 1 aliphatic rings. The van der Waals surface area contributed by atoms with Crippen molar-refractivity contribution in [1.82, 2.24) is 10.6 Å². The minimum absolute atomic E-state index is 0.0596. The third-order valence-corrected chi connectivity index (χ3v) is 3.08. The van der Waals surface area contributed by atoms with Crippen LogP contribution in [0.5, 0.6) is 11.5 Å². The number of phenols is 1. The Bertz CT molecular complexity index is 428. The van der Waals surface area contributed by atoms with Crippen LogP contribution in [0.25, 0.3) is 0 Å². The molecule has 18 heavy (non-hydrogen) atoms. The summed E-state index contributed by atoms with van der Waals surface area (Å²) in [6.45, 7) is 1.78. The maximum atomic E-state index is 12.0. The van der Waals surface area contributed by atoms with E-state index in [1.54, 1.807) is 12.1 Å². The lowest BCUT2D eigenvalue weighted by atomic mass is 10.1. The van der Waals surface area contributed by atoms with Gasteiger partial charge in [-0.05, 0) is 31.5 Å². The van der Waals surface area contributed by atoms with Gasteiger partial charge in [0.25, 0.3) is 5.91 Å². The zero-order valence-corrected chi connectivity index (χ0v) is 10.4. The van der Waals surface area contributed by atoms with Gasteiger partial charge in [0.15, 0.2) is 0 Å². The first-order chi connectivity index (χ1) is 8.70. The highest BCUT2D eigenvalue weighted by Gasteiger charge is 2.18. The molecular weight excluding hydrogens is 232 g/mol. The highest BCUT2D eigenvalue weighted by molar-refractivity contribution is 5.97. The molecule has 1 amide bonds. The Morgan fingerprint density at radius 2 is 2.39 bits per heavy atom. The average Bonchev–Trinajstić information content (AvgIpc) is 2.39. The van der Waals surface area contributed by atoms with Gasteiger partial charge in [0.1, 0.15) is 11.5 Å². The number of amides is 1. The van der Waals surface area contributed by atoms with E-state index in [1.165, 1.54) is 13.2 Å². The standard InChI is InChI=1S/C13H18N2O3/c1-18-10-4-5-11(12(16)7-10)13(17)15-9-3-2-6-14-8-9/h4-5,7,9,14,16H,2-3,6,8H2,1H3,(H,15,17)/t9-/m0/s1. The van der Waals surface area contributed by atoms with Crippen molar-refractivity contribution in [1.29, 1.82) is 0 Å². The fourth-order valence-electron chi connectivity index (χ4n) is 2.07. The lowest BCUT2D eigenvalue weighted by molar-refractivity contribution is 0.0928. The summed E-state index contributed by atoms with van der Waals surface area (Å²) in [5.41, 5.74) is 0.279. The molecule has 0 aliphatic carbocycles. The molecule has 1 aromatic rings. The van der Waals surface area contributed by atoms with Crippen LogP contribution in [0.15, 0.2) is 18.2 Å². The first-order valence-corrected chi connectivity index (χ1v) is 6.09. The van der Waals surface area contributed by atoms with Crippen molar-refractivity contribution in [2.24, 2.45) is 0 Å². The SMILES string of the molecule is COc1ccc(C(=O)N[C@H]2CCCNC2)c(O)c1. The Morgan fingerprint density at radius 1 is 1.56 bits per heavy atom. The summed E-state index contributed by atoms with van der Waals surface area (Å²) < 4.78 is 4.98. The van der Waals surface area contributed by atoms with Crippen molar-refractivity contribution in [2.45, 2.75) is 18.9 Å². The molecule has 1 saturated heterocycles. The fraction of sp³-hybridized carbons (Fsp3) is 0.462. The molecule has 98 valence electrons. The van der Waals surface area contributed by atoms with Crippen LogP contribution in [0.4, 0.5) is 0 Å². The van der Waals surface area contributed by atoms with E-state index < -0.39 is 0 Å². The zero-order chi connectivity index (χ0) is 13.0. The topological polar surface area (TPSA) is 70.6 Å². The number of hydrogen-bond acceptors (Lipinski definition) is 4. The van der Waals surface area contributed by atoms with E-state index in [-0.39, 0.29) is 23.3 Å². The number of carbonyl (C=O) groups excluding carboxylic acids is 1. The van der Waals surface area contributed by atoms with E-state index >= 15 is 0 Å². The number of ether oxygens (including phenoxy) is 1. The molecule has 5 nitrogen and oxygen atoms in total. The number of benzene rings is 1. The van der Waals surface area contributed by atoms with Gasteiger partial charge in [0.05, 0.1) is 12.7 Å². The third kappa shape index (κ3) is 2.92. The van der Waals surface area contributed by atoms with E-state index in [0.29, 0.717) is 5.75 Å². The molecule has 2 rings (SSSR count). The van der Waals surface area contributed by atoms with Gasteiger partial charge in [0.2, 0.25) is 0 Å². The monoisotopic (exact) mass is 250 g/mol. The predicted molar refractivity (Wildman–Crippen MR) is 68.0 cm³/mol. The van der Waals surface area contributed by atoms with Gasteiger partial charge in [-0.25, -0.2) is 0 Å². The second-order valence-corrected chi connectivity index (χ2v) is 4.40. The Hall–Kier alpha value is -1.75. The number of phenolic OH excluding ortho intramolecular Hbond substituents is 1. The van der Waals surface area contributed by atoms with Gasteiger partial charge in [-0.3, -0.25) is 4.79 Å². The number of nitrogens with one attached hydrogen (secondary N) is 2. The van der Waals surface area contributed by atoms with Crippen LogP contribution >= 0.6 is 0 Å². The smallest absolute Gasteiger partial charge is 0.255 e. The first kappa shape index (κ1) is 12.7. The summed E-state index contributed by atoms with van der Waals surface area (Å²) in [4.78, 5) is 12.0. The number of aromatic hydroxyl groups is 1. The van der Waals surface area contributed by atoms with Gasteiger partial charge in [-0.15, -0.1) is 0 Å². The summed E-state index contributed by atoms with van der Waals surface area (Å²) in [7, 11) is 1.52. The molecule has 0 unspecified atom stereocenters. The molecule has 1 heterocycles. The van der Waals surface area contributed by atoms with Crippen LogP contribution in [0.2, 0.25) is 0 Å². The Labute approximate surface area is 106 Å². The maximum Gasteiger partial charge on any atom is 0.255 e. The van der Waals surface area contributed by atoms with Crippen LogP contribution in [-0.4, -0.2) is 37.3 Å². The number of carbonyl (C=O) groups is 1. The molecule has 1 aromatic carbocycles. The molecule has 3 N–H and O–H groups in total. The molecular formula is C13H18N2O3. The summed E-state index contributed by atoms with van der Waals surface area (Å²) in [5, 5.41) is 15.9. The number of hydrogen-bond donors (Lipinski definition) is 3. The Balaban J connectivity index is 2.03. The highest BCUT2D eigenvalue weighted by atomic mass is 16.5.